The van der Waals surface area contributed by atoms with Gasteiger partial charge in [0.25, 0.3) is 0 Å². The third-order valence-corrected chi connectivity index (χ3v) is 3.69. The maximum Gasteiger partial charge on any atom is 0.224 e. The SMILES string of the molecule is CCCN(Cc1ccc(C)cc1)C(=O)CCNC1CC1. The molecule has 0 saturated heterocycles. The maximum absolute atomic E-state index is 12.3. The van der Waals surface area contributed by atoms with E-state index in [2.05, 4.69) is 43.4 Å². The first-order chi connectivity index (χ1) is 9.69. The van der Waals surface area contributed by atoms with E-state index in [1.807, 2.05) is 4.90 Å². The predicted molar refractivity (Wildman–Crippen MR) is 82.5 cm³/mol. The second kappa shape index (κ2) is 7.44. The van der Waals surface area contributed by atoms with Crippen LogP contribution in [-0.4, -0.2) is 29.9 Å². The molecule has 1 aliphatic carbocycles. The summed E-state index contributed by atoms with van der Waals surface area (Å²) in [6, 6.07) is 9.14. The summed E-state index contributed by atoms with van der Waals surface area (Å²) in [5.41, 5.74) is 2.48. The molecule has 1 fully saturated rings. The molecule has 0 radical (unpaired) electrons. The third-order valence-electron chi connectivity index (χ3n) is 3.69. The van der Waals surface area contributed by atoms with Gasteiger partial charge in [0, 0.05) is 32.1 Å². The lowest BCUT2D eigenvalue weighted by Crippen LogP contribution is -2.33. The summed E-state index contributed by atoms with van der Waals surface area (Å²) in [4.78, 5) is 14.3. The molecule has 1 aromatic rings. The minimum absolute atomic E-state index is 0.264. The Morgan fingerprint density at radius 2 is 2.00 bits per heavy atom. The molecule has 0 atom stereocenters. The normalized spacial score (nSPS) is 14.3. The van der Waals surface area contributed by atoms with Crippen LogP contribution in [0.15, 0.2) is 24.3 Å². The highest BCUT2D eigenvalue weighted by molar-refractivity contribution is 5.76. The van der Waals surface area contributed by atoms with Crippen LogP contribution in [0.1, 0.15) is 43.7 Å². The van der Waals surface area contributed by atoms with Crippen LogP contribution >= 0.6 is 0 Å². The lowest BCUT2D eigenvalue weighted by Gasteiger charge is -2.22. The lowest BCUT2D eigenvalue weighted by atomic mass is 10.1. The van der Waals surface area contributed by atoms with Crippen LogP contribution in [0.3, 0.4) is 0 Å². The minimum Gasteiger partial charge on any atom is -0.338 e. The van der Waals surface area contributed by atoms with Gasteiger partial charge in [-0.1, -0.05) is 36.8 Å². The number of aryl methyl sites for hydroxylation is 1. The van der Waals surface area contributed by atoms with Gasteiger partial charge in [-0.15, -0.1) is 0 Å². The highest BCUT2D eigenvalue weighted by Gasteiger charge is 2.21. The van der Waals surface area contributed by atoms with Crippen molar-refractivity contribution < 1.29 is 4.79 Å². The Morgan fingerprint density at radius 3 is 2.60 bits per heavy atom. The summed E-state index contributed by atoms with van der Waals surface area (Å²) in [5, 5.41) is 3.41. The molecule has 1 amide bonds. The van der Waals surface area contributed by atoms with Crippen LogP contribution in [-0.2, 0) is 11.3 Å². The summed E-state index contributed by atoms with van der Waals surface area (Å²) in [6.45, 7) is 6.60. The molecule has 1 N–H and O–H groups in total. The molecule has 0 bridgehead atoms. The Morgan fingerprint density at radius 1 is 1.30 bits per heavy atom. The minimum atomic E-state index is 0.264. The number of benzene rings is 1. The second-order valence-electron chi connectivity index (χ2n) is 5.78. The Bertz CT molecular complexity index is 423. The van der Waals surface area contributed by atoms with Crippen LogP contribution in [0.25, 0.3) is 0 Å². The molecular weight excluding hydrogens is 248 g/mol. The van der Waals surface area contributed by atoms with Crippen molar-refractivity contribution >= 4 is 5.91 Å². The average Bonchev–Trinajstić information content (AvgIpc) is 3.25. The number of amides is 1. The molecule has 0 aliphatic heterocycles. The molecule has 2 rings (SSSR count). The van der Waals surface area contributed by atoms with Gasteiger partial charge < -0.3 is 10.2 Å². The van der Waals surface area contributed by atoms with Crippen LogP contribution < -0.4 is 5.32 Å². The molecule has 3 heteroatoms. The van der Waals surface area contributed by atoms with E-state index in [0.29, 0.717) is 12.5 Å². The van der Waals surface area contributed by atoms with Gasteiger partial charge in [0.1, 0.15) is 0 Å². The number of carbonyl (C=O) groups is 1. The first-order valence-corrected chi connectivity index (χ1v) is 7.75. The molecule has 0 aromatic heterocycles. The van der Waals surface area contributed by atoms with E-state index in [4.69, 9.17) is 0 Å². The Hall–Kier alpha value is -1.35. The van der Waals surface area contributed by atoms with Crippen molar-refractivity contribution in [1.29, 1.82) is 0 Å². The summed E-state index contributed by atoms with van der Waals surface area (Å²) in [6.07, 6.45) is 4.17. The monoisotopic (exact) mass is 274 g/mol. The van der Waals surface area contributed by atoms with Gasteiger partial charge in [0.2, 0.25) is 5.91 Å². The number of carbonyl (C=O) groups excluding carboxylic acids is 1. The van der Waals surface area contributed by atoms with E-state index in [0.717, 1.165) is 26.1 Å². The Labute approximate surface area is 122 Å². The smallest absolute Gasteiger partial charge is 0.224 e. The standard InChI is InChI=1S/C17H26N2O/c1-3-12-19(13-15-6-4-14(2)5-7-15)17(20)10-11-18-16-8-9-16/h4-7,16,18H,3,8-13H2,1-2H3. The quantitative estimate of drug-likeness (QED) is 0.790. The van der Waals surface area contributed by atoms with Gasteiger partial charge in [-0.2, -0.15) is 0 Å². The maximum atomic E-state index is 12.3. The van der Waals surface area contributed by atoms with E-state index in [1.54, 1.807) is 0 Å². The van der Waals surface area contributed by atoms with Crippen molar-refractivity contribution in [3.8, 4) is 0 Å². The molecule has 1 saturated carbocycles. The van der Waals surface area contributed by atoms with Crippen LogP contribution in [0, 0.1) is 6.92 Å². The Balaban J connectivity index is 1.83. The van der Waals surface area contributed by atoms with Gasteiger partial charge in [-0.3, -0.25) is 4.79 Å². The van der Waals surface area contributed by atoms with Crippen LogP contribution in [0.5, 0.6) is 0 Å². The molecule has 3 nitrogen and oxygen atoms in total. The fourth-order valence-electron chi connectivity index (χ4n) is 2.30. The van der Waals surface area contributed by atoms with E-state index >= 15 is 0 Å². The predicted octanol–water partition coefficient (Wildman–Crippen LogP) is 2.88. The van der Waals surface area contributed by atoms with E-state index in [1.165, 1.54) is 24.0 Å². The van der Waals surface area contributed by atoms with Crippen molar-refractivity contribution in [3.05, 3.63) is 35.4 Å². The van der Waals surface area contributed by atoms with Crippen molar-refractivity contribution in [3.63, 3.8) is 0 Å². The largest absolute Gasteiger partial charge is 0.338 e. The first kappa shape index (κ1) is 15.0. The van der Waals surface area contributed by atoms with Gasteiger partial charge >= 0.3 is 0 Å². The molecule has 1 aliphatic rings. The molecule has 0 spiro atoms. The molecular formula is C17H26N2O. The zero-order valence-electron chi connectivity index (χ0n) is 12.7. The third kappa shape index (κ3) is 4.97. The van der Waals surface area contributed by atoms with Gasteiger partial charge in [0.05, 0.1) is 0 Å². The van der Waals surface area contributed by atoms with Crippen LogP contribution in [0.2, 0.25) is 0 Å². The molecule has 1 aromatic carbocycles. The van der Waals surface area contributed by atoms with Crippen molar-refractivity contribution in [2.45, 2.75) is 52.1 Å². The number of nitrogens with one attached hydrogen (secondary N) is 1. The zero-order valence-corrected chi connectivity index (χ0v) is 12.7. The van der Waals surface area contributed by atoms with E-state index in [-0.39, 0.29) is 5.91 Å². The first-order valence-electron chi connectivity index (χ1n) is 7.75. The summed E-state index contributed by atoms with van der Waals surface area (Å²) >= 11 is 0. The summed E-state index contributed by atoms with van der Waals surface area (Å²) in [7, 11) is 0. The zero-order chi connectivity index (χ0) is 14.4. The van der Waals surface area contributed by atoms with Crippen molar-refractivity contribution in [1.82, 2.24) is 10.2 Å². The van der Waals surface area contributed by atoms with Gasteiger partial charge in [0.15, 0.2) is 0 Å². The fourth-order valence-corrected chi connectivity index (χ4v) is 2.30. The second-order valence-corrected chi connectivity index (χ2v) is 5.78. The van der Waals surface area contributed by atoms with Crippen molar-refractivity contribution in [2.24, 2.45) is 0 Å². The molecule has 0 unspecified atom stereocenters. The topological polar surface area (TPSA) is 32.3 Å². The molecule has 20 heavy (non-hydrogen) atoms. The molecule has 0 heterocycles. The fraction of sp³-hybridized carbons (Fsp3) is 0.588. The van der Waals surface area contributed by atoms with Gasteiger partial charge in [-0.25, -0.2) is 0 Å². The molecule has 110 valence electrons. The number of hydrogen-bond donors (Lipinski definition) is 1. The van der Waals surface area contributed by atoms with Crippen LogP contribution in [0.4, 0.5) is 0 Å². The summed E-state index contributed by atoms with van der Waals surface area (Å²) < 4.78 is 0. The number of rotatable bonds is 8. The average molecular weight is 274 g/mol. The number of hydrogen-bond acceptors (Lipinski definition) is 2. The van der Waals surface area contributed by atoms with Gasteiger partial charge in [-0.05, 0) is 31.7 Å². The van der Waals surface area contributed by atoms with E-state index in [9.17, 15) is 4.79 Å². The van der Waals surface area contributed by atoms with Crippen molar-refractivity contribution in [2.75, 3.05) is 13.1 Å². The highest BCUT2D eigenvalue weighted by atomic mass is 16.2. The highest BCUT2D eigenvalue weighted by Crippen LogP contribution is 2.18. The number of nitrogens with zero attached hydrogens (tertiary/aromatic N) is 1. The summed E-state index contributed by atoms with van der Waals surface area (Å²) in [5.74, 6) is 0.264. The lowest BCUT2D eigenvalue weighted by molar-refractivity contribution is -0.131. The Kier molecular flexibility index (Phi) is 5.60. The van der Waals surface area contributed by atoms with E-state index < -0.39 is 0 Å².